The van der Waals surface area contributed by atoms with Gasteiger partial charge in [-0.15, -0.1) is 25.3 Å². The average molecular weight is 360 g/mol. The Morgan fingerprint density at radius 2 is 1.32 bits per heavy atom. The van der Waals surface area contributed by atoms with Gasteiger partial charge in [0.25, 0.3) is 20.2 Å². The van der Waals surface area contributed by atoms with E-state index in [1.807, 2.05) is 0 Å². The molecule has 19 heavy (non-hydrogen) atoms. The monoisotopic (exact) mass is 360 g/mol. The third kappa shape index (κ3) is 8.30. The zero-order chi connectivity index (χ0) is 15.2. The fraction of sp³-hybridized carbons (Fsp3) is 1.00. The van der Waals surface area contributed by atoms with Gasteiger partial charge in [-0.2, -0.15) is 16.8 Å². The van der Waals surface area contributed by atoms with Crippen molar-refractivity contribution in [3.63, 3.8) is 0 Å². The second-order valence-electron chi connectivity index (χ2n) is 3.49. The lowest BCUT2D eigenvalue weighted by Crippen LogP contribution is -2.41. The molecule has 6 nitrogen and oxygen atoms in total. The van der Waals surface area contributed by atoms with Crippen molar-refractivity contribution in [1.82, 2.24) is 0 Å². The Bertz CT molecular complexity index is 424. The minimum absolute atomic E-state index is 0.534. The highest BCUT2D eigenvalue weighted by molar-refractivity contribution is 7.88. The maximum Gasteiger partial charge on any atom is 0.271 e. The first-order chi connectivity index (χ1) is 8.60. The summed E-state index contributed by atoms with van der Waals surface area (Å²) in [5.41, 5.74) is -2.85. The van der Waals surface area contributed by atoms with Crippen LogP contribution in [0.3, 0.4) is 0 Å². The van der Waals surface area contributed by atoms with Gasteiger partial charge in [-0.1, -0.05) is 0 Å². The quantitative estimate of drug-likeness (QED) is 0.336. The van der Waals surface area contributed by atoms with Crippen molar-refractivity contribution < 1.29 is 34.0 Å². The SMILES string of the molecule is O=S(=O)(CC(F)(CCF)CS(=O)(=O)OCS)OCS. The summed E-state index contributed by atoms with van der Waals surface area (Å²) in [6.45, 7) is -1.23. The Hall–Kier alpha value is 0.380. The van der Waals surface area contributed by atoms with Crippen molar-refractivity contribution in [3.05, 3.63) is 0 Å². The van der Waals surface area contributed by atoms with Crippen LogP contribution in [0, 0.1) is 0 Å². The number of hydrogen-bond donors (Lipinski definition) is 2. The molecule has 0 aromatic carbocycles. The summed E-state index contributed by atoms with van der Waals surface area (Å²) >= 11 is 6.97. The molecule has 0 fully saturated rings. The van der Waals surface area contributed by atoms with Crippen LogP contribution in [0.25, 0.3) is 0 Å². The van der Waals surface area contributed by atoms with E-state index in [1.54, 1.807) is 0 Å². The molecular formula is C7H14F2O6S4. The van der Waals surface area contributed by atoms with Crippen LogP contribution in [0.5, 0.6) is 0 Å². The van der Waals surface area contributed by atoms with Crippen molar-refractivity contribution in [1.29, 1.82) is 0 Å². The van der Waals surface area contributed by atoms with Crippen LogP contribution in [0.1, 0.15) is 6.42 Å². The van der Waals surface area contributed by atoms with E-state index in [1.165, 1.54) is 0 Å². The van der Waals surface area contributed by atoms with Gasteiger partial charge in [0.2, 0.25) is 0 Å². The Morgan fingerprint density at radius 1 is 0.947 bits per heavy atom. The summed E-state index contributed by atoms with van der Waals surface area (Å²) in [5.74, 6) is -3.68. The lowest BCUT2D eigenvalue weighted by atomic mass is 10.1. The zero-order valence-electron chi connectivity index (χ0n) is 9.66. The molecule has 0 rings (SSSR count). The maximum absolute atomic E-state index is 14.2. The van der Waals surface area contributed by atoms with E-state index >= 15 is 0 Å². The molecule has 0 saturated heterocycles. The molecule has 0 N–H and O–H groups in total. The fourth-order valence-electron chi connectivity index (χ4n) is 1.23. The molecule has 0 saturated carbocycles. The maximum atomic E-state index is 14.2. The minimum Gasteiger partial charge on any atom is -0.259 e. The summed E-state index contributed by atoms with van der Waals surface area (Å²) in [7, 11) is -8.71. The van der Waals surface area contributed by atoms with Gasteiger partial charge in [-0.25, -0.2) is 4.39 Å². The molecule has 0 bridgehead atoms. The average Bonchev–Trinajstić information content (AvgIpc) is 2.13. The van der Waals surface area contributed by atoms with E-state index in [0.29, 0.717) is 0 Å². The van der Waals surface area contributed by atoms with Gasteiger partial charge in [0.15, 0.2) is 0 Å². The van der Waals surface area contributed by atoms with Crippen molar-refractivity contribution in [2.24, 2.45) is 0 Å². The fourth-order valence-corrected chi connectivity index (χ4v) is 4.57. The highest BCUT2D eigenvalue weighted by atomic mass is 32.2. The van der Waals surface area contributed by atoms with Crippen LogP contribution in [0.4, 0.5) is 8.78 Å². The molecule has 0 radical (unpaired) electrons. The predicted molar refractivity (Wildman–Crippen MR) is 71.9 cm³/mol. The Balaban J connectivity index is 5.06. The lowest BCUT2D eigenvalue weighted by Gasteiger charge is -2.22. The highest BCUT2D eigenvalue weighted by Crippen LogP contribution is 2.23. The number of alkyl halides is 2. The molecular weight excluding hydrogens is 346 g/mol. The molecule has 0 atom stereocenters. The zero-order valence-corrected chi connectivity index (χ0v) is 13.1. The Labute approximate surface area is 121 Å². The summed E-state index contributed by atoms with van der Waals surface area (Å²) in [4.78, 5) is 0. The molecule has 116 valence electrons. The van der Waals surface area contributed by atoms with Gasteiger partial charge in [-0.05, 0) is 0 Å². The molecule has 0 heterocycles. The number of halogens is 2. The molecule has 0 amide bonds. The van der Waals surface area contributed by atoms with E-state index in [9.17, 15) is 25.6 Å². The molecule has 0 unspecified atom stereocenters. The number of hydrogen-bond acceptors (Lipinski definition) is 8. The Kier molecular flexibility index (Phi) is 8.14. The van der Waals surface area contributed by atoms with E-state index in [0.717, 1.165) is 0 Å². The van der Waals surface area contributed by atoms with E-state index < -0.39 is 62.4 Å². The summed E-state index contributed by atoms with van der Waals surface area (Å²) in [6.07, 6.45) is -0.919. The molecule has 0 aromatic heterocycles. The third-order valence-electron chi connectivity index (χ3n) is 1.88. The van der Waals surface area contributed by atoms with E-state index in [4.69, 9.17) is 0 Å². The molecule has 0 aromatic rings. The van der Waals surface area contributed by atoms with Crippen LogP contribution >= 0.6 is 25.3 Å². The molecule has 12 heteroatoms. The van der Waals surface area contributed by atoms with Crippen molar-refractivity contribution >= 4 is 45.5 Å². The highest BCUT2D eigenvalue weighted by Gasteiger charge is 2.40. The third-order valence-corrected chi connectivity index (χ3v) is 5.18. The van der Waals surface area contributed by atoms with Crippen LogP contribution in [-0.4, -0.2) is 52.6 Å². The van der Waals surface area contributed by atoms with Gasteiger partial charge < -0.3 is 0 Å². The normalized spacial score (nSPS) is 13.7. The van der Waals surface area contributed by atoms with Gasteiger partial charge in [-0.3, -0.25) is 12.8 Å². The van der Waals surface area contributed by atoms with Gasteiger partial charge in [0.05, 0.1) is 6.67 Å². The van der Waals surface area contributed by atoms with Crippen LogP contribution in [0.2, 0.25) is 0 Å². The van der Waals surface area contributed by atoms with Gasteiger partial charge >= 0.3 is 0 Å². The topological polar surface area (TPSA) is 86.7 Å². The molecule has 0 aliphatic carbocycles. The van der Waals surface area contributed by atoms with Crippen LogP contribution < -0.4 is 0 Å². The first-order valence-electron chi connectivity index (χ1n) is 4.80. The molecule has 0 spiro atoms. The molecule has 0 aliphatic heterocycles. The van der Waals surface area contributed by atoms with Crippen molar-refractivity contribution in [3.8, 4) is 0 Å². The molecule has 0 aliphatic rings. The lowest BCUT2D eigenvalue weighted by molar-refractivity contribution is 0.181. The van der Waals surface area contributed by atoms with Gasteiger partial charge in [0, 0.05) is 6.42 Å². The summed E-state index contributed by atoms with van der Waals surface area (Å²) in [6, 6.07) is 0. The van der Waals surface area contributed by atoms with Crippen LogP contribution in [-0.2, 0) is 28.6 Å². The summed E-state index contributed by atoms with van der Waals surface area (Å²) < 4.78 is 80.0. The second-order valence-corrected chi connectivity index (χ2v) is 7.28. The number of rotatable bonds is 10. The van der Waals surface area contributed by atoms with E-state index in [2.05, 4.69) is 33.6 Å². The predicted octanol–water partition coefficient (Wildman–Crippen LogP) is 0.522. The second kappa shape index (κ2) is 7.98. The first-order valence-corrected chi connectivity index (χ1v) is 9.22. The standard InChI is InChI=1S/C7H14F2O6S4/c8-2-1-7(9,3-18(10,11)14-5-16)4-19(12,13)15-6-17/h16-17H,1-6H2. The van der Waals surface area contributed by atoms with Crippen molar-refractivity contribution in [2.45, 2.75) is 12.1 Å². The first kappa shape index (κ1) is 19.4. The van der Waals surface area contributed by atoms with Gasteiger partial charge in [0.1, 0.15) is 29.1 Å². The van der Waals surface area contributed by atoms with E-state index in [-0.39, 0.29) is 0 Å². The summed E-state index contributed by atoms with van der Waals surface area (Å²) in [5, 5.41) is 0. The van der Waals surface area contributed by atoms with Crippen LogP contribution in [0.15, 0.2) is 0 Å². The minimum atomic E-state index is -4.36. The number of thiol groups is 2. The Morgan fingerprint density at radius 3 is 1.58 bits per heavy atom. The smallest absolute Gasteiger partial charge is 0.259 e. The largest absolute Gasteiger partial charge is 0.271 e. The van der Waals surface area contributed by atoms with Crippen molar-refractivity contribution in [2.75, 3.05) is 30.1 Å².